The molecule has 9 heteroatoms. The Morgan fingerprint density at radius 1 is 1.06 bits per heavy atom. The van der Waals surface area contributed by atoms with Crippen molar-refractivity contribution in [3.05, 3.63) is 80.6 Å². The topological polar surface area (TPSA) is 111 Å². The van der Waals surface area contributed by atoms with Crippen molar-refractivity contribution in [3.63, 3.8) is 0 Å². The molecular weight excluding hydrogens is 398 g/mol. The molecule has 2 heterocycles. The third kappa shape index (κ3) is 3.97. The summed E-state index contributed by atoms with van der Waals surface area (Å²) in [6.45, 7) is 2.31. The largest absolute Gasteiger partial charge is 0.493 e. The zero-order chi connectivity index (χ0) is 22.0. The third-order valence-corrected chi connectivity index (χ3v) is 4.81. The zero-order valence-corrected chi connectivity index (χ0v) is 17.3. The Hall–Kier alpha value is -4.14. The Balaban J connectivity index is 1.64. The summed E-state index contributed by atoms with van der Waals surface area (Å²) < 4.78 is 11.6. The number of rotatable bonds is 6. The maximum absolute atomic E-state index is 12.9. The molecule has 0 saturated carbocycles. The molecule has 0 fully saturated rings. The molecule has 2 N–H and O–H groups in total. The van der Waals surface area contributed by atoms with Gasteiger partial charge in [-0.15, -0.1) is 0 Å². The number of aromatic amines is 1. The highest BCUT2D eigenvalue weighted by Crippen LogP contribution is 2.27. The second kappa shape index (κ2) is 8.31. The first-order valence-corrected chi connectivity index (χ1v) is 9.54. The first-order valence-electron chi connectivity index (χ1n) is 9.54. The lowest BCUT2D eigenvalue weighted by Crippen LogP contribution is -2.34. The molecule has 0 aliphatic rings. The zero-order valence-electron chi connectivity index (χ0n) is 17.3. The summed E-state index contributed by atoms with van der Waals surface area (Å²) >= 11 is 0. The number of nitrogens with zero attached hydrogens (tertiary/aromatic N) is 3. The fourth-order valence-corrected chi connectivity index (χ4v) is 3.26. The average Bonchev–Trinajstić information content (AvgIpc) is 2.77. The molecular formula is C22H21N5O4. The minimum Gasteiger partial charge on any atom is -0.493 e. The molecule has 0 spiro atoms. The number of ether oxygens (including phenoxy) is 2. The van der Waals surface area contributed by atoms with Crippen LogP contribution in [0.1, 0.15) is 11.1 Å². The molecule has 2 aromatic heterocycles. The number of hydrogen-bond donors (Lipinski definition) is 2. The van der Waals surface area contributed by atoms with E-state index in [0.717, 1.165) is 15.7 Å². The van der Waals surface area contributed by atoms with Gasteiger partial charge in [-0.1, -0.05) is 18.2 Å². The smallest absolute Gasteiger partial charge is 0.334 e. The van der Waals surface area contributed by atoms with Crippen molar-refractivity contribution in [2.24, 2.45) is 0 Å². The van der Waals surface area contributed by atoms with E-state index in [0.29, 0.717) is 23.7 Å². The molecule has 0 aliphatic carbocycles. The third-order valence-electron chi connectivity index (χ3n) is 4.81. The molecule has 0 bridgehead atoms. The van der Waals surface area contributed by atoms with Gasteiger partial charge in [-0.25, -0.2) is 14.3 Å². The normalized spacial score (nSPS) is 10.8. The molecule has 4 aromatic rings. The lowest BCUT2D eigenvalue weighted by atomic mass is 10.2. The van der Waals surface area contributed by atoms with Crippen LogP contribution in [0.4, 0.5) is 5.95 Å². The molecule has 158 valence electrons. The van der Waals surface area contributed by atoms with Crippen molar-refractivity contribution in [2.45, 2.75) is 13.5 Å². The van der Waals surface area contributed by atoms with Crippen LogP contribution in [0, 0.1) is 6.92 Å². The molecule has 9 nitrogen and oxygen atoms in total. The first-order chi connectivity index (χ1) is 15.0. The first kappa shape index (κ1) is 20.1. The van der Waals surface area contributed by atoms with Gasteiger partial charge in [0.25, 0.3) is 5.56 Å². The Morgan fingerprint density at radius 3 is 2.61 bits per heavy atom. The van der Waals surface area contributed by atoms with Crippen LogP contribution in [0.25, 0.3) is 16.7 Å². The SMILES string of the molecule is COc1ccc(CNc2ncc3c(=O)n(-c4cccc(C)c4)c(=O)[nH]c3n2)cc1OC. The standard InChI is InChI=1S/C22H21N5O4/c1-13-5-4-6-15(9-13)27-20(28)16-12-24-21(25-19(16)26-22(27)29)23-11-14-7-8-17(30-2)18(10-14)31-3/h4-10,12H,11H2,1-3H3,(H2,23,24,25,26,29). The van der Waals surface area contributed by atoms with E-state index in [9.17, 15) is 9.59 Å². The van der Waals surface area contributed by atoms with Crippen molar-refractivity contribution in [2.75, 3.05) is 19.5 Å². The number of aryl methyl sites for hydroxylation is 1. The molecule has 0 aliphatic heterocycles. The number of benzene rings is 2. The highest BCUT2D eigenvalue weighted by atomic mass is 16.5. The molecule has 0 amide bonds. The monoisotopic (exact) mass is 419 g/mol. The van der Waals surface area contributed by atoms with Crippen LogP contribution in [0.5, 0.6) is 11.5 Å². The van der Waals surface area contributed by atoms with Gasteiger partial charge in [0.2, 0.25) is 5.95 Å². The maximum atomic E-state index is 12.9. The number of anilines is 1. The number of nitrogens with one attached hydrogen (secondary N) is 2. The van der Waals surface area contributed by atoms with Crippen molar-refractivity contribution < 1.29 is 9.47 Å². The van der Waals surface area contributed by atoms with E-state index >= 15 is 0 Å². The summed E-state index contributed by atoms with van der Waals surface area (Å²) in [5.41, 5.74) is 1.48. The Kier molecular flexibility index (Phi) is 5.40. The van der Waals surface area contributed by atoms with Gasteiger partial charge in [0.1, 0.15) is 5.39 Å². The van der Waals surface area contributed by atoms with E-state index in [1.807, 2.05) is 31.2 Å². The van der Waals surface area contributed by atoms with Crippen LogP contribution in [0.2, 0.25) is 0 Å². The van der Waals surface area contributed by atoms with Crippen LogP contribution in [0.3, 0.4) is 0 Å². The van der Waals surface area contributed by atoms with Crippen molar-refractivity contribution in [1.29, 1.82) is 0 Å². The average molecular weight is 419 g/mol. The van der Waals surface area contributed by atoms with Crippen LogP contribution >= 0.6 is 0 Å². The van der Waals surface area contributed by atoms with E-state index < -0.39 is 11.2 Å². The second-order valence-electron chi connectivity index (χ2n) is 6.91. The molecule has 0 radical (unpaired) electrons. The lowest BCUT2D eigenvalue weighted by molar-refractivity contribution is 0.354. The van der Waals surface area contributed by atoms with Gasteiger partial charge in [-0.3, -0.25) is 9.78 Å². The van der Waals surface area contributed by atoms with E-state index in [4.69, 9.17) is 9.47 Å². The summed E-state index contributed by atoms with van der Waals surface area (Å²) in [4.78, 5) is 36.7. The molecule has 0 saturated heterocycles. The van der Waals surface area contributed by atoms with Crippen LogP contribution < -0.4 is 26.0 Å². The van der Waals surface area contributed by atoms with Gasteiger partial charge in [-0.2, -0.15) is 4.98 Å². The number of methoxy groups -OCH3 is 2. The van der Waals surface area contributed by atoms with E-state index in [1.165, 1.54) is 6.20 Å². The maximum Gasteiger partial charge on any atom is 0.334 e. The highest BCUT2D eigenvalue weighted by molar-refractivity contribution is 5.73. The van der Waals surface area contributed by atoms with Gasteiger partial charge in [-0.05, 0) is 42.3 Å². The van der Waals surface area contributed by atoms with Crippen LogP contribution in [0.15, 0.2) is 58.3 Å². The number of hydrogen-bond acceptors (Lipinski definition) is 7. The Labute approximate surface area is 177 Å². The number of fused-ring (bicyclic) bond motifs is 1. The highest BCUT2D eigenvalue weighted by Gasteiger charge is 2.12. The van der Waals surface area contributed by atoms with Gasteiger partial charge in [0.05, 0.1) is 19.9 Å². The van der Waals surface area contributed by atoms with Gasteiger partial charge >= 0.3 is 5.69 Å². The molecule has 0 unspecified atom stereocenters. The summed E-state index contributed by atoms with van der Waals surface area (Å²) in [5, 5.41) is 3.31. The van der Waals surface area contributed by atoms with E-state index in [1.54, 1.807) is 32.4 Å². The Morgan fingerprint density at radius 2 is 1.87 bits per heavy atom. The fourth-order valence-electron chi connectivity index (χ4n) is 3.26. The van der Waals surface area contributed by atoms with E-state index in [2.05, 4.69) is 20.3 Å². The number of aromatic nitrogens is 4. The van der Waals surface area contributed by atoms with Gasteiger partial charge in [0, 0.05) is 12.7 Å². The number of H-pyrrole nitrogens is 1. The lowest BCUT2D eigenvalue weighted by Gasteiger charge is -2.11. The van der Waals surface area contributed by atoms with Crippen molar-refractivity contribution in [1.82, 2.24) is 19.5 Å². The van der Waals surface area contributed by atoms with Gasteiger partial charge in [0.15, 0.2) is 17.1 Å². The van der Waals surface area contributed by atoms with Crippen LogP contribution in [-0.2, 0) is 6.54 Å². The van der Waals surface area contributed by atoms with Crippen molar-refractivity contribution >= 4 is 17.0 Å². The quantitative estimate of drug-likeness (QED) is 0.494. The fraction of sp³-hybridized carbons (Fsp3) is 0.182. The van der Waals surface area contributed by atoms with Crippen LogP contribution in [-0.4, -0.2) is 33.7 Å². The minimum absolute atomic E-state index is 0.170. The second-order valence-corrected chi connectivity index (χ2v) is 6.91. The Bertz CT molecular complexity index is 1380. The molecule has 0 atom stereocenters. The molecule has 2 aromatic carbocycles. The molecule has 31 heavy (non-hydrogen) atoms. The summed E-state index contributed by atoms with van der Waals surface area (Å²) in [6, 6.07) is 12.7. The van der Waals surface area contributed by atoms with Crippen molar-refractivity contribution in [3.8, 4) is 17.2 Å². The predicted octanol–water partition coefficient (Wildman–Crippen LogP) is 2.41. The van der Waals surface area contributed by atoms with E-state index in [-0.39, 0.29) is 17.0 Å². The summed E-state index contributed by atoms with van der Waals surface area (Å²) in [6.07, 6.45) is 1.41. The minimum atomic E-state index is -0.562. The van der Waals surface area contributed by atoms with Gasteiger partial charge < -0.3 is 14.8 Å². The predicted molar refractivity (Wildman–Crippen MR) is 117 cm³/mol. The summed E-state index contributed by atoms with van der Waals surface area (Å²) in [5.74, 6) is 1.53. The molecule has 4 rings (SSSR count). The summed E-state index contributed by atoms with van der Waals surface area (Å²) in [7, 11) is 3.15.